The molecule has 0 aliphatic carbocycles. The smallest absolute Gasteiger partial charge is 0.227 e. The summed E-state index contributed by atoms with van der Waals surface area (Å²) in [5.74, 6) is 1.47. The zero-order chi connectivity index (χ0) is 12.1. The van der Waals surface area contributed by atoms with E-state index in [4.69, 9.17) is 4.74 Å². The molecule has 0 N–H and O–H groups in total. The van der Waals surface area contributed by atoms with Crippen molar-refractivity contribution in [3.05, 3.63) is 23.8 Å². The SMILES string of the molecule is COc1ccc(N(C)C(=O)CCS)cc1C. The Morgan fingerprint density at radius 2 is 2.19 bits per heavy atom. The highest BCUT2D eigenvalue weighted by Crippen LogP contribution is 2.23. The van der Waals surface area contributed by atoms with Gasteiger partial charge in [-0.05, 0) is 36.4 Å². The number of methoxy groups -OCH3 is 1. The van der Waals surface area contributed by atoms with E-state index in [2.05, 4.69) is 12.6 Å². The molecular weight excluding hydrogens is 222 g/mol. The van der Waals surface area contributed by atoms with Gasteiger partial charge in [0.15, 0.2) is 0 Å². The molecule has 0 fully saturated rings. The summed E-state index contributed by atoms with van der Waals surface area (Å²) in [5, 5.41) is 0. The summed E-state index contributed by atoms with van der Waals surface area (Å²) in [6.07, 6.45) is 0.449. The second-order valence-electron chi connectivity index (χ2n) is 3.58. The molecule has 0 spiro atoms. The Labute approximate surface area is 102 Å². The summed E-state index contributed by atoms with van der Waals surface area (Å²) in [6, 6.07) is 5.69. The monoisotopic (exact) mass is 239 g/mol. The van der Waals surface area contributed by atoms with Gasteiger partial charge >= 0.3 is 0 Å². The van der Waals surface area contributed by atoms with Crippen molar-refractivity contribution in [1.29, 1.82) is 0 Å². The summed E-state index contributed by atoms with van der Waals surface area (Å²) >= 11 is 4.05. The number of benzene rings is 1. The normalized spacial score (nSPS) is 10.0. The van der Waals surface area contributed by atoms with Crippen molar-refractivity contribution in [1.82, 2.24) is 0 Å². The number of carbonyl (C=O) groups excluding carboxylic acids is 1. The Kier molecular flexibility index (Phi) is 4.68. The summed E-state index contributed by atoms with van der Waals surface area (Å²) in [7, 11) is 3.41. The number of amides is 1. The molecule has 0 aliphatic heterocycles. The van der Waals surface area contributed by atoms with Gasteiger partial charge in [0.25, 0.3) is 0 Å². The molecule has 1 aromatic carbocycles. The van der Waals surface area contributed by atoms with E-state index in [1.807, 2.05) is 25.1 Å². The number of carbonyl (C=O) groups is 1. The second kappa shape index (κ2) is 5.80. The topological polar surface area (TPSA) is 29.5 Å². The maximum absolute atomic E-state index is 11.7. The fourth-order valence-electron chi connectivity index (χ4n) is 1.48. The van der Waals surface area contributed by atoms with E-state index in [9.17, 15) is 4.79 Å². The highest BCUT2D eigenvalue weighted by Gasteiger charge is 2.10. The molecule has 0 radical (unpaired) electrons. The van der Waals surface area contributed by atoms with Gasteiger partial charge in [-0.2, -0.15) is 12.6 Å². The van der Waals surface area contributed by atoms with Crippen LogP contribution in [0, 0.1) is 6.92 Å². The first-order chi connectivity index (χ1) is 7.60. The minimum absolute atomic E-state index is 0.0690. The van der Waals surface area contributed by atoms with E-state index >= 15 is 0 Å². The van der Waals surface area contributed by atoms with Crippen LogP contribution in [0.4, 0.5) is 5.69 Å². The van der Waals surface area contributed by atoms with Crippen molar-refractivity contribution >= 4 is 24.2 Å². The molecule has 1 aromatic rings. The number of nitrogens with zero attached hydrogens (tertiary/aromatic N) is 1. The van der Waals surface area contributed by atoms with E-state index in [0.717, 1.165) is 17.0 Å². The summed E-state index contributed by atoms with van der Waals surface area (Å²) in [5.41, 5.74) is 1.90. The van der Waals surface area contributed by atoms with Crippen LogP contribution >= 0.6 is 12.6 Å². The lowest BCUT2D eigenvalue weighted by Gasteiger charge is -2.18. The van der Waals surface area contributed by atoms with E-state index < -0.39 is 0 Å². The third-order valence-corrected chi connectivity index (χ3v) is 2.69. The fourth-order valence-corrected chi connectivity index (χ4v) is 1.67. The highest BCUT2D eigenvalue weighted by molar-refractivity contribution is 7.80. The fraction of sp³-hybridized carbons (Fsp3) is 0.417. The van der Waals surface area contributed by atoms with Gasteiger partial charge in [0.1, 0.15) is 5.75 Å². The van der Waals surface area contributed by atoms with Crippen molar-refractivity contribution in [2.24, 2.45) is 0 Å². The summed E-state index contributed by atoms with van der Waals surface area (Å²) in [6.45, 7) is 1.96. The first kappa shape index (κ1) is 12.9. The molecule has 0 saturated carbocycles. The van der Waals surface area contributed by atoms with Crippen molar-refractivity contribution in [2.75, 3.05) is 24.8 Å². The number of ether oxygens (including phenoxy) is 1. The van der Waals surface area contributed by atoms with Crippen molar-refractivity contribution < 1.29 is 9.53 Å². The lowest BCUT2D eigenvalue weighted by molar-refractivity contribution is -0.117. The largest absolute Gasteiger partial charge is 0.496 e. The Bertz CT molecular complexity index is 379. The Hall–Kier alpha value is -1.16. The summed E-state index contributed by atoms with van der Waals surface area (Å²) < 4.78 is 5.17. The first-order valence-corrected chi connectivity index (χ1v) is 5.75. The molecule has 3 nitrogen and oxygen atoms in total. The Morgan fingerprint density at radius 1 is 1.50 bits per heavy atom. The van der Waals surface area contributed by atoms with Gasteiger partial charge in [-0.1, -0.05) is 0 Å². The molecule has 0 bridgehead atoms. The molecule has 1 rings (SSSR count). The van der Waals surface area contributed by atoms with Gasteiger partial charge in [0.2, 0.25) is 5.91 Å². The quantitative estimate of drug-likeness (QED) is 0.817. The highest BCUT2D eigenvalue weighted by atomic mass is 32.1. The van der Waals surface area contributed by atoms with Crippen LogP contribution in [0.1, 0.15) is 12.0 Å². The lowest BCUT2D eigenvalue weighted by Crippen LogP contribution is -2.26. The molecule has 4 heteroatoms. The van der Waals surface area contributed by atoms with Crippen LogP contribution < -0.4 is 9.64 Å². The molecular formula is C12H17NO2S. The van der Waals surface area contributed by atoms with Gasteiger partial charge in [-0.15, -0.1) is 0 Å². The van der Waals surface area contributed by atoms with Gasteiger partial charge < -0.3 is 9.64 Å². The zero-order valence-electron chi connectivity index (χ0n) is 9.86. The molecule has 0 atom stereocenters. The molecule has 0 aliphatic rings. The van der Waals surface area contributed by atoms with Crippen LogP contribution in [-0.4, -0.2) is 25.8 Å². The molecule has 0 heterocycles. The molecule has 16 heavy (non-hydrogen) atoms. The van der Waals surface area contributed by atoms with E-state index in [0.29, 0.717) is 12.2 Å². The molecule has 88 valence electrons. The lowest BCUT2D eigenvalue weighted by atomic mass is 10.2. The van der Waals surface area contributed by atoms with Crippen LogP contribution in [0.2, 0.25) is 0 Å². The third kappa shape index (κ3) is 2.92. The predicted molar refractivity (Wildman–Crippen MR) is 69.6 cm³/mol. The van der Waals surface area contributed by atoms with Gasteiger partial charge in [0, 0.05) is 19.2 Å². The minimum atomic E-state index is 0.0690. The number of hydrogen-bond acceptors (Lipinski definition) is 3. The van der Waals surface area contributed by atoms with Crippen LogP contribution in [0.15, 0.2) is 18.2 Å². The second-order valence-corrected chi connectivity index (χ2v) is 4.03. The van der Waals surface area contributed by atoms with Crippen molar-refractivity contribution in [3.63, 3.8) is 0 Å². The van der Waals surface area contributed by atoms with Crippen molar-refractivity contribution in [2.45, 2.75) is 13.3 Å². The van der Waals surface area contributed by atoms with Crippen LogP contribution in [-0.2, 0) is 4.79 Å². The number of anilines is 1. The Balaban J connectivity index is 2.88. The standard InChI is InChI=1S/C12H17NO2S/c1-9-8-10(4-5-11(9)15-3)13(2)12(14)6-7-16/h4-5,8,16H,6-7H2,1-3H3. The summed E-state index contributed by atoms with van der Waals surface area (Å²) in [4.78, 5) is 13.3. The number of thiol groups is 1. The predicted octanol–water partition coefficient (Wildman–Crippen LogP) is 2.29. The Morgan fingerprint density at radius 3 is 2.69 bits per heavy atom. The van der Waals surface area contributed by atoms with E-state index in [1.165, 1.54) is 0 Å². The third-order valence-electron chi connectivity index (χ3n) is 2.47. The number of rotatable bonds is 4. The minimum Gasteiger partial charge on any atom is -0.496 e. The zero-order valence-corrected chi connectivity index (χ0v) is 10.8. The average Bonchev–Trinajstić information content (AvgIpc) is 2.28. The van der Waals surface area contributed by atoms with Gasteiger partial charge in [0.05, 0.1) is 7.11 Å². The molecule has 0 aromatic heterocycles. The number of hydrogen-bond donors (Lipinski definition) is 1. The molecule has 0 unspecified atom stereocenters. The van der Waals surface area contributed by atoms with Gasteiger partial charge in [-0.3, -0.25) is 4.79 Å². The van der Waals surface area contributed by atoms with Crippen LogP contribution in [0.5, 0.6) is 5.75 Å². The average molecular weight is 239 g/mol. The van der Waals surface area contributed by atoms with Gasteiger partial charge in [-0.25, -0.2) is 0 Å². The van der Waals surface area contributed by atoms with Crippen molar-refractivity contribution in [3.8, 4) is 5.75 Å². The number of aryl methyl sites for hydroxylation is 1. The molecule has 0 saturated heterocycles. The first-order valence-electron chi connectivity index (χ1n) is 5.12. The maximum atomic E-state index is 11.7. The van der Waals surface area contributed by atoms with Crippen LogP contribution in [0.3, 0.4) is 0 Å². The van der Waals surface area contributed by atoms with Crippen LogP contribution in [0.25, 0.3) is 0 Å². The van der Waals surface area contributed by atoms with E-state index in [-0.39, 0.29) is 5.91 Å². The van der Waals surface area contributed by atoms with E-state index in [1.54, 1.807) is 19.1 Å². The molecule has 1 amide bonds. The maximum Gasteiger partial charge on any atom is 0.227 e.